The minimum absolute atomic E-state index is 0. The van der Waals surface area contributed by atoms with Crippen LogP contribution >= 0.6 is 0 Å². The van der Waals surface area contributed by atoms with E-state index < -0.39 is 0 Å². The number of nitrogens with one attached hydrogen (secondary N) is 1. The Morgan fingerprint density at radius 3 is 2.41 bits per heavy atom. The summed E-state index contributed by atoms with van der Waals surface area (Å²) in [7, 11) is 0. The molecule has 154 valence electrons. The molecule has 1 aliphatic heterocycles. The van der Waals surface area contributed by atoms with Crippen molar-refractivity contribution in [1.82, 2.24) is 10.2 Å². The minimum Gasteiger partial charge on any atom is -0.349 e. The molecular weight excluding hydrogens is 360 g/mol. The van der Waals surface area contributed by atoms with E-state index in [-0.39, 0.29) is 25.3 Å². The summed E-state index contributed by atoms with van der Waals surface area (Å²) in [6.45, 7) is 2.94. The average molecular weight is 393 g/mol. The Labute approximate surface area is 174 Å². The lowest BCUT2D eigenvalue weighted by Gasteiger charge is -2.33. The molecule has 4 heteroatoms. The predicted molar refractivity (Wildman–Crippen MR) is 117 cm³/mol. The first kappa shape index (κ1) is 21.3. The van der Waals surface area contributed by atoms with Crippen LogP contribution in [0.5, 0.6) is 0 Å². The molecular formula is C25H32N2O2. The van der Waals surface area contributed by atoms with E-state index in [0.29, 0.717) is 5.78 Å². The van der Waals surface area contributed by atoms with Crippen LogP contribution in [-0.4, -0.2) is 42.3 Å². The number of rotatable bonds is 5. The number of fused-ring (bicyclic) bond motifs is 1. The van der Waals surface area contributed by atoms with Gasteiger partial charge in [-0.2, -0.15) is 0 Å². The van der Waals surface area contributed by atoms with Gasteiger partial charge in [0.1, 0.15) is 0 Å². The lowest BCUT2D eigenvalue weighted by atomic mass is 9.81. The molecule has 1 fully saturated rings. The average Bonchev–Trinajstić information content (AvgIpc) is 2.75. The third-order valence-corrected chi connectivity index (χ3v) is 6.17. The number of ketones is 1. The van der Waals surface area contributed by atoms with Crippen LogP contribution in [0.3, 0.4) is 0 Å². The van der Waals surface area contributed by atoms with Crippen molar-refractivity contribution >= 4 is 11.7 Å². The molecule has 2 aromatic carbocycles. The molecule has 1 aliphatic carbocycles. The van der Waals surface area contributed by atoms with Crippen LogP contribution in [0.1, 0.15) is 59.4 Å². The van der Waals surface area contributed by atoms with Crippen LogP contribution in [0.2, 0.25) is 0 Å². The topological polar surface area (TPSA) is 49.4 Å². The van der Waals surface area contributed by atoms with Gasteiger partial charge in [0.15, 0.2) is 5.78 Å². The maximum absolute atomic E-state index is 12.7. The Morgan fingerprint density at radius 2 is 1.66 bits per heavy atom. The molecule has 0 radical (unpaired) electrons. The molecule has 1 amide bonds. The second-order valence-corrected chi connectivity index (χ2v) is 8.00. The molecule has 2 aromatic rings. The van der Waals surface area contributed by atoms with Gasteiger partial charge in [0, 0.05) is 36.2 Å². The first-order valence-corrected chi connectivity index (χ1v) is 10.4. The fraction of sp³-hybridized carbons (Fsp3) is 0.440. The summed E-state index contributed by atoms with van der Waals surface area (Å²) in [5, 5.41) is 3.16. The zero-order chi connectivity index (χ0) is 19.3. The fourth-order valence-electron chi connectivity index (χ4n) is 4.43. The van der Waals surface area contributed by atoms with Crippen LogP contribution in [0.4, 0.5) is 0 Å². The minimum atomic E-state index is 0. The van der Waals surface area contributed by atoms with Crippen molar-refractivity contribution in [3.8, 4) is 0 Å². The Bertz CT molecular complexity index is 826. The van der Waals surface area contributed by atoms with Crippen molar-refractivity contribution in [2.24, 2.45) is 5.92 Å². The van der Waals surface area contributed by atoms with Crippen molar-refractivity contribution in [3.63, 3.8) is 0 Å². The van der Waals surface area contributed by atoms with E-state index >= 15 is 0 Å². The van der Waals surface area contributed by atoms with Crippen molar-refractivity contribution in [2.75, 3.05) is 19.6 Å². The molecule has 1 atom stereocenters. The number of carbonyl (C=O) groups is 2. The molecule has 1 heterocycles. The first-order valence-electron chi connectivity index (χ1n) is 10.4. The highest BCUT2D eigenvalue weighted by molar-refractivity contribution is 6.00. The maximum atomic E-state index is 12.7. The van der Waals surface area contributed by atoms with E-state index in [2.05, 4.69) is 16.3 Å². The predicted octanol–water partition coefficient (Wildman–Crippen LogP) is 4.35. The summed E-state index contributed by atoms with van der Waals surface area (Å²) < 4.78 is 0. The summed E-state index contributed by atoms with van der Waals surface area (Å²) in [6, 6.07) is 17.7. The van der Waals surface area contributed by atoms with Gasteiger partial charge >= 0.3 is 0 Å². The molecule has 2 aliphatic rings. The highest BCUT2D eigenvalue weighted by Gasteiger charge is 2.28. The molecule has 4 rings (SSSR count). The number of amides is 1. The largest absolute Gasteiger partial charge is 0.349 e. The second kappa shape index (κ2) is 9.84. The van der Waals surface area contributed by atoms with Gasteiger partial charge in [-0.15, -0.1) is 0 Å². The van der Waals surface area contributed by atoms with Crippen LogP contribution < -0.4 is 5.32 Å². The molecule has 4 nitrogen and oxygen atoms in total. The molecule has 0 aromatic heterocycles. The highest BCUT2D eigenvalue weighted by Crippen LogP contribution is 2.28. The van der Waals surface area contributed by atoms with Crippen molar-refractivity contribution in [1.29, 1.82) is 0 Å². The van der Waals surface area contributed by atoms with Crippen molar-refractivity contribution in [2.45, 2.75) is 45.6 Å². The zero-order valence-corrected chi connectivity index (χ0v) is 16.3. The summed E-state index contributed by atoms with van der Waals surface area (Å²) >= 11 is 0. The lowest BCUT2D eigenvalue weighted by molar-refractivity contribution is 0.0859. The van der Waals surface area contributed by atoms with Gasteiger partial charge in [0.2, 0.25) is 0 Å². The van der Waals surface area contributed by atoms with Gasteiger partial charge < -0.3 is 10.2 Å². The monoisotopic (exact) mass is 392 g/mol. The number of benzene rings is 2. The normalized spacial score (nSPS) is 19.9. The number of hydrogen-bond acceptors (Lipinski definition) is 3. The van der Waals surface area contributed by atoms with Gasteiger partial charge in [-0.25, -0.2) is 0 Å². The standard InChI is InChI=1S/C24H28N2O2.CH4/c27-23-19(11-10-18-6-4-5-9-22(18)23)12-15-26-16-13-21(14-17-26)25-24(28)20-7-2-1-3-8-20;/h1-9,19,21H,10-17H2,(H,25,28);1H4. The summed E-state index contributed by atoms with van der Waals surface area (Å²) in [4.78, 5) is 27.5. The van der Waals surface area contributed by atoms with Crippen molar-refractivity contribution < 1.29 is 9.59 Å². The Hall–Kier alpha value is -2.46. The third-order valence-electron chi connectivity index (χ3n) is 6.17. The Kier molecular flexibility index (Phi) is 7.21. The summed E-state index contributed by atoms with van der Waals surface area (Å²) in [5.74, 6) is 0.503. The Morgan fingerprint density at radius 1 is 0.966 bits per heavy atom. The highest BCUT2D eigenvalue weighted by atomic mass is 16.1. The van der Waals surface area contributed by atoms with E-state index in [1.54, 1.807) is 0 Å². The van der Waals surface area contributed by atoms with E-state index in [1.807, 2.05) is 48.5 Å². The molecule has 1 saturated heterocycles. The molecule has 0 saturated carbocycles. The number of carbonyl (C=O) groups excluding carboxylic acids is 2. The smallest absolute Gasteiger partial charge is 0.251 e. The number of piperidine rings is 1. The van der Waals surface area contributed by atoms with Crippen LogP contribution in [0.15, 0.2) is 54.6 Å². The van der Waals surface area contributed by atoms with E-state index in [4.69, 9.17) is 0 Å². The molecule has 0 bridgehead atoms. The van der Waals surface area contributed by atoms with Gasteiger partial charge in [-0.1, -0.05) is 49.9 Å². The third kappa shape index (κ3) is 5.13. The van der Waals surface area contributed by atoms with Gasteiger partial charge in [0.25, 0.3) is 5.91 Å². The molecule has 1 unspecified atom stereocenters. The number of likely N-dealkylation sites (tertiary alicyclic amines) is 1. The SMILES string of the molecule is C.O=C(NC1CCN(CCC2CCc3ccccc3C2=O)CC1)c1ccccc1. The fourth-order valence-corrected chi connectivity index (χ4v) is 4.43. The molecule has 29 heavy (non-hydrogen) atoms. The van der Waals surface area contributed by atoms with E-state index in [9.17, 15) is 9.59 Å². The van der Waals surface area contributed by atoms with Gasteiger partial charge in [0.05, 0.1) is 0 Å². The van der Waals surface area contributed by atoms with E-state index in [0.717, 1.165) is 62.9 Å². The van der Waals surface area contributed by atoms with Crippen LogP contribution in [0.25, 0.3) is 0 Å². The van der Waals surface area contributed by atoms with Crippen LogP contribution in [-0.2, 0) is 6.42 Å². The summed E-state index contributed by atoms with van der Waals surface area (Å²) in [5.41, 5.74) is 2.86. The quantitative estimate of drug-likeness (QED) is 0.823. The van der Waals surface area contributed by atoms with Crippen LogP contribution in [0, 0.1) is 5.92 Å². The second-order valence-electron chi connectivity index (χ2n) is 8.00. The number of hydrogen-bond donors (Lipinski definition) is 1. The van der Waals surface area contributed by atoms with Gasteiger partial charge in [-0.05, 0) is 56.3 Å². The molecule has 0 spiro atoms. The number of aryl methyl sites for hydroxylation is 1. The molecule has 1 N–H and O–H groups in total. The first-order chi connectivity index (χ1) is 13.7. The maximum Gasteiger partial charge on any atom is 0.251 e. The Balaban J connectivity index is 0.00000240. The zero-order valence-electron chi connectivity index (χ0n) is 16.3. The van der Waals surface area contributed by atoms with Crippen molar-refractivity contribution in [3.05, 3.63) is 71.3 Å². The van der Waals surface area contributed by atoms with Gasteiger partial charge in [-0.3, -0.25) is 9.59 Å². The summed E-state index contributed by atoms with van der Waals surface area (Å²) in [6.07, 6.45) is 4.87. The lowest BCUT2D eigenvalue weighted by Crippen LogP contribution is -2.45. The van der Waals surface area contributed by atoms with E-state index in [1.165, 1.54) is 5.56 Å². The number of Topliss-reactive ketones (excluding diaryl/α,β-unsaturated/α-hetero) is 1. The number of nitrogens with zero attached hydrogens (tertiary/aromatic N) is 1.